The Morgan fingerprint density at radius 1 is 0.886 bits per heavy atom. The van der Waals surface area contributed by atoms with Crippen molar-refractivity contribution in [3.8, 4) is 0 Å². The molecule has 4 atom stereocenters. The molecule has 3 amide bonds. The van der Waals surface area contributed by atoms with Crippen molar-refractivity contribution < 1.29 is 34.2 Å². The summed E-state index contributed by atoms with van der Waals surface area (Å²) in [6.07, 6.45) is 1.02. The fraction of sp³-hybridized carbons (Fsp3) is 0.381. The maximum atomic E-state index is 12.7. The van der Waals surface area contributed by atoms with Gasteiger partial charge in [-0.1, -0.05) is 18.2 Å². The van der Waals surface area contributed by atoms with E-state index in [4.69, 9.17) is 10.8 Å². The van der Waals surface area contributed by atoms with E-state index in [1.54, 1.807) is 6.20 Å². The van der Waals surface area contributed by atoms with Gasteiger partial charge in [-0.3, -0.25) is 19.2 Å². The average Bonchev–Trinajstić information content (AvgIpc) is 3.22. The van der Waals surface area contributed by atoms with Crippen LogP contribution in [0.5, 0.6) is 0 Å². The number of carboxylic acid groups (broad SMARTS) is 2. The zero-order chi connectivity index (χ0) is 26.1. The molecule has 0 bridgehead atoms. The van der Waals surface area contributed by atoms with Gasteiger partial charge in [0.2, 0.25) is 17.7 Å². The summed E-state index contributed by atoms with van der Waals surface area (Å²) in [5.41, 5.74) is 7.00. The fourth-order valence-corrected chi connectivity index (χ4v) is 3.73. The van der Waals surface area contributed by atoms with Crippen LogP contribution in [-0.4, -0.2) is 80.5 Å². The van der Waals surface area contributed by atoms with E-state index in [1.165, 1.54) is 0 Å². The van der Waals surface area contributed by atoms with Gasteiger partial charge in [0.1, 0.15) is 18.1 Å². The van der Waals surface area contributed by atoms with Gasteiger partial charge in [-0.15, -0.1) is 0 Å². The molecule has 8 N–H and O–H groups in total. The molecular formula is C21H27N5O7S2. The van der Waals surface area contributed by atoms with E-state index in [9.17, 15) is 29.1 Å². The third kappa shape index (κ3) is 7.90. The molecule has 35 heavy (non-hydrogen) atoms. The summed E-state index contributed by atoms with van der Waals surface area (Å²) in [5.74, 6) is -5.34. The first kappa shape index (κ1) is 28.0. The monoisotopic (exact) mass is 525 g/mol. The number of carbonyl (C=O) groups excluding carboxylic acids is 3. The molecule has 0 aliphatic carbocycles. The van der Waals surface area contributed by atoms with Gasteiger partial charge in [0.05, 0.1) is 12.5 Å². The molecule has 0 fully saturated rings. The number of nitrogens with two attached hydrogens (primary N) is 1. The molecule has 0 radical (unpaired) electrons. The van der Waals surface area contributed by atoms with Crippen molar-refractivity contribution in [1.82, 2.24) is 20.9 Å². The maximum absolute atomic E-state index is 12.7. The van der Waals surface area contributed by atoms with E-state index < -0.39 is 60.2 Å². The van der Waals surface area contributed by atoms with E-state index in [-0.39, 0.29) is 17.9 Å². The largest absolute Gasteiger partial charge is 0.481 e. The number of para-hydroxylation sites is 1. The number of amides is 3. The number of thiol groups is 2. The highest BCUT2D eigenvalue weighted by Crippen LogP contribution is 2.19. The van der Waals surface area contributed by atoms with E-state index >= 15 is 0 Å². The van der Waals surface area contributed by atoms with Crippen molar-refractivity contribution >= 4 is 65.8 Å². The zero-order valence-electron chi connectivity index (χ0n) is 18.4. The smallest absolute Gasteiger partial charge is 0.326 e. The molecule has 14 heteroatoms. The van der Waals surface area contributed by atoms with Gasteiger partial charge < -0.3 is 36.9 Å². The number of nitrogens with one attached hydrogen (secondary N) is 4. The van der Waals surface area contributed by atoms with Crippen LogP contribution >= 0.6 is 25.3 Å². The van der Waals surface area contributed by atoms with Gasteiger partial charge in [0, 0.05) is 35.0 Å². The summed E-state index contributed by atoms with van der Waals surface area (Å²) >= 11 is 8.06. The van der Waals surface area contributed by atoms with E-state index in [1.807, 2.05) is 24.3 Å². The lowest BCUT2D eigenvalue weighted by molar-refractivity contribution is -0.142. The second-order valence-corrected chi connectivity index (χ2v) is 8.39. The third-order valence-electron chi connectivity index (χ3n) is 5.08. The Morgan fingerprint density at radius 2 is 1.43 bits per heavy atom. The first-order chi connectivity index (χ1) is 16.6. The lowest BCUT2D eigenvalue weighted by Gasteiger charge is -2.23. The van der Waals surface area contributed by atoms with Crippen LogP contribution in [0.1, 0.15) is 12.0 Å². The molecular weight excluding hydrogens is 498 g/mol. The SMILES string of the molecule is NC(CC(=O)O)C(=O)NC(CS)C(=O)NC(CS)C(=O)NC(Cc1c[nH]c2ccccc12)C(=O)O. The van der Waals surface area contributed by atoms with Crippen LogP contribution in [0.2, 0.25) is 0 Å². The van der Waals surface area contributed by atoms with Crippen LogP contribution in [0.3, 0.4) is 0 Å². The molecule has 2 aromatic rings. The van der Waals surface area contributed by atoms with Crippen molar-refractivity contribution in [3.63, 3.8) is 0 Å². The molecule has 0 saturated heterocycles. The quantitative estimate of drug-likeness (QED) is 0.147. The number of aromatic amines is 1. The maximum Gasteiger partial charge on any atom is 0.326 e. The summed E-state index contributed by atoms with van der Waals surface area (Å²) in [5, 5.41) is 26.3. The second kappa shape index (κ2) is 13.0. The van der Waals surface area contributed by atoms with Crippen LogP contribution in [0.25, 0.3) is 10.9 Å². The Morgan fingerprint density at radius 3 is 1.97 bits per heavy atom. The molecule has 0 aliphatic heterocycles. The molecule has 12 nitrogen and oxygen atoms in total. The highest BCUT2D eigenvalue weighted by Gasteiger charge is 2.30. The summed E-state index contributed by atoms with van der Waals surface area (Å²) in [7, 11) is 0. The van der Waals surface area contributed by atoms with Gasteiger partial charge in [0.25, 0.3) is 0 Å². The molecule has 1 aromatic carbocycles. The minimum Gasteiger partial charge on any atom is -0.481 e. The van der Waals surface area contributed by atoms with Crippen molar-refractivity contribution in [2.45, 2.75) is 37.0 Å². The number of hydrogen-bond donors (Lipinski definition) is 9. The molecule has 0 spiro atoms. The summed E-state index contributed by atoms with van der Waals surface area (Å²) in [6.45, 7) is 0. The van der Waals surface area contributed by atoms with Gasteiger partial charge in [0.15, 0.2) is 0 Å². The zero-order valence-corrected chi connectivity index (χ0v) is 20.2. The number of rotatable bonds is 13. The molecule has 4 unspecified atom stereocenters. The lowest BCUT2D eigenvalue weighted by Crippen LogP contribution is -2.58. The summed E-state index contributed by atoms with van der Waals surface area (Å²) in [4.78, 5) is 62.9. The number of aromatic nitrogens is 1. The normalized spacial score (nSPS) is 14.4. The Balaban J connectivity index is 2.03. The number of H-pyrrole nitrogens is 1. The van der Waals surface area contributed by atoms with Gasteiger partial charge in [-0.2, -0.15) is 25.3 Å². The number of benzene rings is 1. The average molecular weight is 526 g/mol. The summed E-state index contributed by atoms with van der Waals surface area (Å²) in [6, 6.07) is 2.20. The number of hydrogen-bond acceptors (Lipinski definition) is 8. The molecule has 0 saturated carbocycles. The summed E-state index contributed by atoms with van der Waals surface area (Å²) < 4.78 is 0. The van der Waals surface area contributed by atoms with Crippen molar-refractivity contribution in [1.29, 1.82) is 0 Å². The predicted octanol–water partition coefficient (Wildman–Crippen LogP) is -1.09. The van der Waals surface area contributed by atoms with Crippen LogP contribution in [0.15, 0.2) is 30.5 Å². The second-order valence-electron chi connectivity index (χ2n) is 7.65. The topological polar surface area (TPSA) is 204 Å². The number of aliphatic carboxylic acids is 2. The van der Waals surface area contributed by atoms with Crippen LogP contribution < -0.4 is 21.7 Å². The predicted molar refractivity (Wildman–Crippen MR) is 133 cm³/mol. The number of carboxylic acids is 2. The van der Waals surface area contributed by atoms with Crippen LogP contribution in [-0.2, 0) is 30.4 Å². The first-order valence-corrected chi connectivity index (χ1v) is 11.7. The molecule has 1 aromatic heterocycles. The lowest BCUT2D eigenvalue weighted by atomic mass is 10.0. The highest BCUT2D eigenvalue weighted by atomic mass is 32.1. The minimum atomic E-state index is -1.38. The number of fused-ring (bicyclic) bond motifs is 1. The van der Waals surface area contributed by atoms with Gasteiger partial charge in [-0.05, 0) is 11.6 Å². The van der Waals surface area contributed by atoms with Gasteiger partial charge >= 0.3 is 11.9 Å². The van der Waals surface area contributed by atoms with Crippen LogP contribution in [0, 0.1) is 0 Å². The minimum absolute atomic E-state index is 0.00485. The van der Waals surface area contributed by atoms with Crippen molar-refractivity contribution in [2.24, 2.45) is 5.73 Å². The van der Waals surface area contributed by atoms with Gasteiger partial charge in [-0.25, -0.2) is 4.79 Å². The Hall–Kier alpha value is -3.23. The fourth-order valence-electron chi connectivity index (χ4n) is 3.21. The first-order valence-electron chi connectivity index (χ1n) is 10.4. The van der Waals surface area contributed by atoms with Crippen LogP contribution in [0.4, 0.5) is 0 Å². The highest BCUT2D eigenvalue weighted by molar-refractivity contribution is 7.80. The number of carbonyl (C=O) groups is 5. The standard InChI is InChI=1S/C21H27N5O7S2/c22-12(6-17(27)28)18(29)25-15(8-34)20(31)26-16(9-35)19(30)24-14(21(32)33)5-10-7-23-13-4-2-1-3-11(10)13/h1-4,7,12,14-16,23,34-35H,5-6,8-9,22H2,(H,24,30)(H,25,29)(H,26,31)(H,27,28)(H,32,33). The Labute approximate surface area is 211 Å². The molecule has 1 heterocycles. The third-order valence-corrected chi connectivity index (χ3v) is 5.81. The van der Waals surface area contributed by atoms with E-state index in [0.717, 1.165) is 10.9 Å². The van der Waals surface area contributed by atoms with Crippen molar-refractivity contribution in [2.75, 3.05) is 11.5 Å². The van der Waals surface area contributed by atoms with Crippen molar-refractivity contribution in [3.05, 3.63) is 36.0 Å². The molecule has 0 aliphatic rings. The van der Waals surface area contributed by atoms with E-state index in [0.29, 0.717) is 5.56 Å². The molecule has 2 rings (SSSR count). The Kier molecular flexibility index (Phi) is 10.4. The Bertz CT molecular complexity index is 1090. The molecule has 190 valence electrons. The van der Waals surface area contributed by atoms with E-state index in [2.05, 4.69) is 46.2 Å².